The standard InChI is InChI=1S/C30H50O2/c1-25(2)15-16-27(5)20(17-25)19-9-10-22-28(6)13-12-23(31)26(3,4)21(28)11-14-29(22,7)30(19,8)18-24(27)32/h9,20-24,31-32H,10-18H2,1-8H3/t20-,21+,22-,23+,24-,27-,28-,29+,30+/m0/s1. The Bertz CT molecular complexity index is 825. The van der Waals surface area contributed by atoms with Crippen LogP contribution < -0.4 is 0 Å². The molecule has 5 rings (SSSR count). The van der Waals surface area contributed by atoms with E-state index in [0.717, 1.165) is 25.7 Å². The van der Waals surface area contributed by atoms with Crippen molar-refractivity contribution in [2.75, 3.05) is 0 Å². The second-order valence-electron chi connectivity index (χ2n) is 15.3. The van der Waals surface area contributed by atoms with Crippen LogP contribution in [0.2, 0.25) is 0 Å². The molecule has 0 unspecified atom stereocenters. The first kappa shape index (κ1) is 23.4. The topological polar surface area (TPSA) is 40.5 Å². The maximum atomic E-state index is 11.7. The first-order valence-corrected chi connectivity index (χ1v) is 13.7. The van der Waals surface area contributed by atoms with Gasteiger partial charge in [0, 0.05) is 5.41 Å². The average molecular weight is 443 g/mol. The molecular weight excluding hydrogens is 392 g/mol. The highest BCUT2D eigenvalue weighted by molar-refractivity contribution is 5.34. The average Bonchev–Trinajstić information content (AvgIpc) is 2.68. The second kappa shape index (κ2) is 6.66. The number of fused-ring (bicyclic) bond motifs is 7. The normalized spacial score (nSPS) is 56.2. The van der Waals surface area contributed by atoms with Crippen LogP contribution in [-0.2, 0) is 0 Å². The number of hydrogen-bond acceptors (Lipinski definition) is 2. The van der Waals surface area contributed by atoms with Gasteiger partial charge in [0.2, 0.25) is 0 Å². The summed E-state index contributed by atoms with van der Waals surface area (Å²) in [6.07, 6.45) is 12.6. The summed E-state index contributed by atoms with van der Waals surface area (Å²) >= 11 is 0. The quantitative estimate of drug-likeness (QED) is 0.391. The molecule has 0 spiro atoms. The fourth-order valence-corrected chi connectivity index (χ4v) is 10.6. The minimum absolute atomic E-state index is 0.00271. The predicted octanol–water partition coefficient (Wildman–Crippen LogP) is 7.14. The van der Waals surface area contributed by atoms with E-state index in [9.17, 15) is 10.2 Å². The number of allylic oxidation sites excluding steroid dienone is 2. The summed E-state index contributed by atoms with van der Waals surface area (Å²) in [5.74, 6) is 1.75. The molecule has 9 atom stereocenters. The fourth-order valence-electron chi connectivity index (χ4n) is 10.6. The highest BCUT2D eigenvalue weighted by atomic mass is 16.3. The summed E-state index contributed by atoms with van der Waals surface area (Å²) < 4.78 is 0. The summed E-state index contributed by atoms with van der Waals surface area (Å²) in [5.41, 5.74) is 2.71. The third kappa shape index (κ3) is 2.72. The molecule has 4 saturated carbocycles. The van der Waals surface area contributed by atoms with Crippen LogP contribution in [0.1, 0.15) is 113 Å². The fraction of sp³-hybridized carbons (Fsp3) is 0.933. The van der Waals surface area contributed by atoms with Crippen molar-refractivity contribution in [3.63, 3.8) is 0 Å². The van der Waals surface area contributed by atoms with Crippen molar-refractivity contribution >= 4 is 0 Å². The van der Waals surface area contributed by atoms with Gasteiger partial charge in [-0.2, -0.15) is 0 Å². The molecule has 0 amide bonds. The number of aliphatic hydroxyl groups is 2. The Morgan fingerprint density at radius 3 is 2.09 bits per heavy atom. The van der Waals surface area contributed by atoms with Crippen molar-refractivity contribution < 1.29 is 10.2 Å². The molecule has 2 heteroatoms. The predicted molar refractivity (Wildman–Crippen MR) is 132 cm³/mol. The summed E-state index contributed by atoms with van der Waals surface area (Å²) in [7, 11) is 0. The molecule has 0 aliphatic heterocycles. The molecular formula is C30H50O2. The van der Waals surface area contributed by atoms with Crippen LogP contribution in [0.3, 0.4) is 0 Å². The maximum absolute atomic E-state index is 11.7. The van der Waals surface area contributed by atoms with Crippen LogP contribution >= 0.6 is 0 Å². The van der Waals surface area contributed by atoms with Gasteiger partial charge < -0.3 is 10.2 Å². The molecule has 2 nitrogen and oxygen atoms in total. The van der Waals surface area contributed by atoms with E-state index in [1.165, 1.54) is 32.1 Å². The second-order valence-corrected chi connectivity index (χ2v) is 15.3. The van der Waals surface area contributed by atoms with E-state index in [4.69, 9.17) is 0 Å². The molecule has 5 aliphatic rings. The van der Waals surface area contributed by atoms with Gasteiger partial charge in [-0.3, -0.25) is 0 Å². The van der Waals surface area contributed by atoms with E-state index in [-0.39, 0.29) is 39.3 Å². The van der Waals surface area contributed by atoms with E-state index >= 15 is 0 Å². The van der Waals surface area contributed by atoms with E-state index in [2.05, 4.69) is 61.5 Å². The number of hydrogen-bond donors (Lipinski definition) is 2. The molecule has 32 heavy (non-hydrogen) atoms. The third-order valence-electron chi connectivity index (χ3n) is 13.1. The van der Waals surface area contributed by atoms with Gasteiger partial charge in [0.1, 0.15) is 0 Å². The lowest BCUT2D eigenvalue weighted by Gasteiger charge is -2.72. The van der Waals surface area contributed by atoms with Crippen LogP contribution in [0.5, 0.6) is 0 Å². The van der Waals surface area contributed by atoms with Crippen LogP contribution in [0.25, 0.3) is 0 Å². The van der Waals surface area contributed by atoms with Crippen LogP contribution in [0.15, 0.2) is 11.6 Å². The highest BCUT2D eigenvalue weighted by Crippen LogP contribution is 2.75. The van der Waals surface area contributed by atoms with Gasteiger partial charge in [-0.05, 0) is 103 Å². The van der Waals surface area contributed by atoms with Gasteiger partial charge >= 0.3 is 0 Å². The Hall–Kier alpha value is -0.340. The summed E-state index contributed by atoms with van der Waals surface area (Å²) in [6.45, 7) is 19.7. The van der Waals surface area contributed by atoms with Crippen molar-refractivity contribution in [3.05, 3.63) is 11.6 Å². The lowest BCUT2D eigenvalue weighted by atomic mass is 9.33. The Kier molecular flexibility index (Phi) is 4.87. The minimum Gasteiger partial charge on any atom is -0.393 e. The van der Waals surface area contributed by atoms with Crippen LogP contribution in [0, 0.1) is 50.2 Å². The largest absolute Gasteiger partial charge is 0.393 e. The van der Waals surface area contributed by atoms with E-state index in [1.807, 2.05) is 0 Å². The Balaban J connectivity index is 1.60. The zero-order valence-electron chi connectivity index (χ0n) is 22.2. The van der Waals surface area contributed by atoms with Gasteiger partial charge in [-0.15, -0.1) is 0 Å². The Labute approximate surface area is 197 Å². The summed E-state index contributed by atoms with van der Waals surface area (Å²) in [5, 5.41) is 22.6. The zero-order chi connectivity index (χ0) is 23.5. The Morgan fingerprint density at radius 1 is 0.719 bits per heavy atom. The van der Waals surface area contributed by atoms with Crippen LogP contribution in [0.4, 0.5) is 0 Å². The Morgan fingerprint density at radius 2 is 1.41 bits per heavy atom. The van der Waals surface area contributed by atoms with Gasteiger partial charge in [0.05, 0.1) is 12.2 Å². The molecule has 0 aromatic heterocycles. The first-order valence-electron chi connectivity index (χ1n) is 13.7. The smallest absolute Gasteiger partial charge is 0.0608 e. The lowest BCUT2D eigenvalue weighted by molar-refractivity contribution is -0.213. The molecule has 0 aromatic carbocycles. The summed E-state index contributed by atoms with van der Waals surface area (Å²) in [6, 6.07) is 0. The third-order valence-corrected chi connectivity index (χ3v) is 13.1. The van der Waals surface area contributed by atoms with Crippen LogP contribution in [-0.4, -0.2) is 22.4 Å². The molecule has 5 aliphatic carbocycles. The molecule has 0 bridgehead atoms. The SMILES string of the molecule is CC1(C)CC[C@]2(C)[C@@H](O)C[C@]3(C)C(=CC[C@H]4[C@@]5(C)CC[C@@H](O)C(C)(C)[C@H]5CC[C@]43C)[C@@H]2C1. The zero-order valence-corrected chi connectivity index (χ0v) is 22.2. The van der Waals surface area contributed by atoms with Gasteiger partial charge in [0.25, 0.3) is 0 Å². The maximum Gasteiger partial charge on any atom is 0.0608 e. The molecule has 182 valence electrons. The number of rotatable bonds is 0. The first-order chi connectivity index (χ1) is 14.6. The molecule has 2 N–H and O–H groups in total. The van der Waals surface area contributed by atoms with Gasteiger partial charge in [0.15, 0.2) is 0 Å². The van der Waals surface area contributed by atoms with E-state index in [0.29, 0.717) is 23.2 Å². The monoisotopic (exact) mass is 442 g/mol. The number of aliphatic hydroxyl groups excluding tert-OH is 2. The van der Waals surface area contributed by atoms with Gasteiger partial charge in [-0.25, -0.2) is 0 Å². The van der Waals surface area contributed by atoms with E-state index < -0.39 is 0 Å². The van der Waals surface area contributed by atoms with Crippen molar-refractivity contribution in [1.29, 1.82) is 0 Å². The van der Waals surface area contributed by atoms with E-state index in [1.54, 1.807) is 5.57 Å². The minimum atomic E-state index is -0.198. The van der Waals surface area contributed by atoms with Crippen molar-refractivity contribution in [2.45, 2.75) is 125 Å². The van der Waals surface area contributed by atoms with Crippen molar-refractivity contribution in [3.8, 4) is 0 Å². The molecule has 0 heterocycles. The summed E-state index contributed by atoms with van der Waals surface area (Å²) in [4.78, 5) is 0. The van der Waals surface area contributed by atoms with Crippen molar-refractivity contribution in [2.24, 2.45) is 50.2 Å². The lowest BCUT2D eigenvalue weighted by Crippen LogP contribution is -2.66. The molecule has 4 fully saturated rings. The van der Waals surface area contributed by atoms with Crippen molar-refractivity contribution in [1.82, 2.24) is 0 Å². The molecule has 0 aromatic rings. The molecule has 0 radical (unpaired) electrons. The molecule has 0 saturated heterocycles. The highest BCUT2D eigenvalue weighted by Gasteiger charge is 2.69. The van der Waals surface area contributed by atoms with Gasteiger partial charge in [-0.1, -0.05) is 67.0 Å².